The topological polar surface area (TPSA) is 131 Å². The Kier molecular flexibility index (Phi) is 41.3. The number of esters is 1. The second-order valence-corrected chi connectivity index (χ2v) is 15.4. The standard InChI is InChI=1S/C49H78NO8P/c1-3-5-7-9-11-13-15-17-19-21-23-25-27-29-31-33-35-37-39-41-48(52)50-43-44-57-59(54,55)58-46-47(51)45-56-49(53)42-40-38-36-34-32-30-28-26-24-22-20-18-16-14-12-10-8-6-4-2/h5-8,11-14,17-20,23-26,29-32,47,51H,3-4,9-10,15-16,21-22,27-28,33-46H2,1-2H3,(H,50,52)(H,54,55)/b7-5-,8-6-,13-11-,14-12-,19-17-,20-18-,25-23-,26-24-,31-29-,32-30-. The molecule has 332 valence electrons. The van der Waals surface area contributed by atoms with Crippen LogP contribution in [-0.4, -0.2) is 54.3 Å². The number of aliphatic hydroxyl groups is 1. The zero-order valence-corrected chi connectivity index (χ0v) is 37.3. The first-order valence-corrected chi connectivity index (χ1v) is 23.5. The highest BCUT2D eigenvalue weighted by molar-refractivity contribution is 7.47. The number of phosphoric acid groups is 1. The van der Waals surface area contributed by atoms with E-state index in [-0.39, 0.29) is 32.1 Å². The van der Waals surface area contributed by atoms with Gasteiger partial charge in [0.25, 0.3) is 0 Å². The smallest absolute Gasteiger partial charge is 0.463 e. The number of ether oxygens (including phenoxy) is 1. The molecule has 59 heavy (non-hydrogen) atoms. The summed E-state index contributed by atoms with van der Waals surface area (Å²) < 4.78 is 26.8. The lowest BCUT2D eigenvalue weighted by Crippen LogP contribution is -2.27. The van der Waals surface area contributed by atoms with Gasteiger partial charge >= 0.3 is 13.8 Å². The van der Waals surface area contributed by atoms with Crippen LogP contribution >= 0.6 is 7.82 Å². The van der Waals surface area contributed by atoms with Crippen LogP contribution in [0.1, 0.15) is 142 Å². The lowest BCUT2D eigenvalue weighted by Gasteiger charge is -2.15. The third kappa shape index (κ3) is 45.3. The second-order valence-electron chi connectivity index (χ2n) is 13.9. The van der Waals surface area contributed by atoms with E-state index in [0.717, 1.165) is 109 Å². The maximum absolute atomic E-state index is 12.1. The van der Waals surface area contributed by atoms with Gasteiger partial charge < -0.3 is 20.1 Å². The number of phosphoric ester groups is 1. The molecule has 0 aliphatic carbocycles. The SMILES string of the molecule is CC/C=C\C/C=C\C/C=C\C/C=C\C/C=C\CCCCCC(=O)NCCOP(=O)(O)OCC(O)COC(=O)CCCCC/C=C\C/C=C\C/C=C\C/C=C\C/C=C\CC. The first kappa shape index (κ1) is 55.4. The Hall–Kier alpha value is -3.59. The summed E-state index contributed by atoms with van der Waals surface area (Å²) in [6.07, 6.45) is 59.8. The molecule has 9 nitrogen and oxygen atoms in total. The highest BCUT2D eigenvalue weighted by Gasteiger charge is 2.23. The van der Waals surface area contributed by atoms with Gasteiger partial charge in [-0.1, -0.05) is 148 Å². The van der Waals surface area contributed by atoms with Gasteiger partial charge in [0.15, 0.2) is 0 Å². The molecule has 0 aromatic heterocycles. The summed E-state index contributed by atoms with van der Waals surface area (Å²) >= 11 is 0. The average molecular weight is 840 g/mol. The molecule has 0 aromatic rings. The number of carbonyl (C=O) groups is 2. The summed E-state index contributed by atoms with van der Waals surface area (Å²) in [5, 5.41) is 12.7. The predicted octanol–water partition coefficient (Wildman–Crippen LogP) is 12.5. The number of allylic oxidation sites excluding steroid dienone is 20. The first-order chi connectivity index (χ1) is 28.8. The van der Waals surface area contributed by atoms with Crippen LogP contribution in [0.15, 0.2) is 122 Å². The zero-order valence-electron chi connectivity index (χ0n) is 36.4. The number of carbonyl (C=O) groups excluding carboxylic acids is 2. The van der Waals surface area contributed by atoms with Crippen molar-refractivity contribution in [3.63, 3.8) is 0 Å². The number of hydrogen-bond donors (Lipinski definition) is 3. The summed E-state index contributed by atoms with van der Waals surface area (Å²) in [5.74, 6) is -0.594. The van der Waals surface area contributed by atoms with Crippen LogP contribution in [0.25, 0.3) is 0 Å². The summed E-state index contributed by atoms with van der Waals surface area (Å²) in [5.41, 5.74) is 0. The van der Waals surface area contributed by atoms with E-state index in [2.05, 4.69) is 141 Å². The number of aliphatic hydroxyl groups excluding tert-OH is 1. The average Bonchev–Trinajstić information content (AvgIpc) is 3.22. The van der Waals surface area contributed by atoms with Gasteiger partial charge in [0.1, 0.15) is 12.7 Å². The van der Waals surface area contributed by atoms with Crippen molar-refractivity contribution in [2.45, 2.75) is 148 Å². The molecule has 1 amide bonds. The molecule has 0 saturated heterocycles. The van der Waals surface area contributed by atoms with Crippen LogP contribution in [-0.2, 0) is 27.9 Å². The summed E-state index contributed by atoms with van der Waals surface area (Å²) in [7, 11) is -4.45. The van der Waals surface area contributed by atoms with E-state index in [1.54, 1.807) is 0 Å². The number of hydrogen-bond acceptors (Lipinski definition) is 7. The molecule has 0 saturated carbocycles. The van der Waals surface area contributed by atoms with Crippen LogP contribution in [0.5, 0.6) is 0 Å². The molecule has 3 N–H and O–H groups in total. The predicted molar refractivity (Wildman–Crippen MR) is 247 cm³/mol. The maximum Gasteiger partial charge on any atom is 0.472 e. The Morgan fingerprint density at radius 2 is 0.915 bits per heavy atom. The quantitative estimate of drug-likeness (QED) is 0.0241. The molecule has 0 fully saturated rings. The van der Waals surface area contributed by atoms with Gasteiger partial charge in [-0.15, -0.1) is 0 Å². The van der Waals surface area contributed by atoms with Crippen LogP contribution in [0.3, 0.4) is 0 Å². The largest absolute Gasteiger partial charge is 0.472 e. The monoisotopic (exact) mass is 840 g/mol. The van der Waals surface area contributed by atoms with E-state index in [1.807, 2.05) is 0 Å². The van der Waals surface area contributed by atoms with Crippen LogP contribution in [0.2, 0.25) is 0 Å². The molecule has 0 aliphatic heterocycles. The molecule has 2 atom stereocenters. The lowest BCUT2D eigenvalue weighted by atomic mass is 10.1. The molecule has 0 bridgehead atoms. The minimum atomic E-state index is -4.45. The summed E-state index contributed by atoms with van der Waals surface area (Å²) in [6.45, 7) is 3.21. The van der Waals surface area contributed by atoms with Gasteiger partial charge in [0.2, 0.25) is 5.91 Å². The van der Waals surface area contributed by atoms with Gasteiger partial charge in [0, 0.05) is 19.4 Å². The van der Waals surface area contributed by atoms with Gasteiger partial charge in [-0.3, -0.25) is 18.6 Å². The van der Waals surface area contributed by atoms with Crippen LogP contribution in [0.4, 0.5) is 0 Å². The molecule has 0 radical (unpaired) electrons. The molecule has 0 aromatic carbocycles. The van der Waals surface area contributed by atoms with Gasteiger partial charge in [-0.2, -0.15) is 0 Å². The molecule has 10 heteroatoms. The normalized spacial score (nSPS) is 14.4. The highest BCUT2D eigenvalue weighted by atomic mass is 31.2. The fourth-order valence-electron chi connectivity index (χ4n) is 5.14. The maximum atomic E-state index is 12.1. The number of rotatable bonds is 39. The van der Waals surface area contributed by atoms with E-state index in [9.17, 15) is 24.2 Å². The number of unbranched alkanes of at least 4 members (excludes halogenated alkanes) is 6. The number of nitrogens with one attached hydrogen (secondary N) is 1. The molecule has 0 aliphatic rings. The van der Waals surface area contributed by atoms with E-state index < -0.39 is 26.5 Å². The Morgan fingerprint density at radius 1 is 0.525 bits per heavy atom. The second kappa shape index (κ2) is 44.0. The van der Waals surface area contributed by atoms with E-state index >= 15 is 0 Å². The Morgan fingerprint density at radius 3 is 1.34 bits per heavy atom. The Labute approximate surface area is 358 Å². The molecule has 0 rings (SSSR count). The fourth-order valence-corrected chi connectivity index (χ4v) is 5.89. The molecular weight excluding hydrogens is 762 g/mol. The van der Waals surface area contributed by atoms with Crippen molar-refractivity contribution < 1.29 is 37.9 Å². The molecule has 2 unspecified atom stereocenters. The van der Waals surface area contributed by atoms with Crippen LogP contribution in [0, 0.1) is 0 Å². The molecule has 0 heterocycles. The fraction of sp³-hybridized carbons (Fsp3) is 0.551. The van der Waals surface area contributed by atoms with E-state index in [0.29, 0.717) is 12.8 Å². The minimum Gasteiger partial charge on any atom is -0.463 e. The minimum absolute atomic E-state index is 0.0509. The molecule has 0 spiro atoms. The number of amides is 1. The Bertz CT molecular complexity index is 1370. The third-order valence-corrected chi connectivity index (χ3v) is 9.37. The van der Waals surface area contributed by atoms with Crippen molar-refractivity contribution in [3.8, 4) is 0 Å². The van der Waals surface area contributed by atoms with Crippen molar-refractivity contribution in [2.75, 3.05) is 26.4 Å². The van der Waals surface area contributed by atoms with Crippen molar-refractivity contribution in [2.24, 2.45) is 0 Å². The lowest BCUT2D eigenvalue weighted by molar-refractivity contribution is -0.147. The van der Waals surface area contributed by atoms with Crippen LogP contribution < -0.4 is 5.32 Å². The van der Waals surface area contributed by atoms with Crippen molar-refractivity contribution in [3.05, 3.63) is 122 Å². The van der Waals surface area contributed by atoms with E-state index in [1.165, 1.54) is 0 Å². The Balaban J connectivity index is 3.75. The first-order valence-electron chi connectivity index (χ1n) is 22.0. The third-order valence-electron chi connectivity index (χ3n) is 8.39. The summed E-state index contributed by atoms with van der Waals surface area (Å²) in [6, 6.07) is 0. The van der Waals surface area contributed by atoms with E-state index in [4.69, 9.17) is 13.8 Å². The van der Waals surface area contributed by atoms with Gasteiger partial charge in [0.05, 0.1) is 13.2 Å². The van der Waals surface area contributed by atoms with Crippen molar-refractivity contribution >= 4 is 19.7 Å². The van der Waals surface area contributed by atoms with Gasteiger partial charge in [-0.05, 0) is 103 Å². The summed E-state index contributed by atoms with van der Waals surface area (Å²) in [4.78, 5) is 33.9. The van der Waals surface area contributed by atoms with Crippen molar-refractivity contribution in [1.82, 2.24) is 5.32 Å². The van der Waals surface area contributed by atoms with Gasteiger partial charge in [-0.25, -0.2) is 4.57 Å². The van der Waals surface area contributed by atoms with Crippen molar-refractivity contribution in [1.29, 1.82) is 0 Å². The molecular formula is C49H78NO8P. The zero-order chi connectivity index (χ0) is 43.2. The highest BCUT2D eigenvalue weighted by Crippen LogP contribution is 2.42.